The van der Waals surface area contributed by atoms with Crippen molar-refractivity contribution < 1.29 is 23.8 Å². The molecule has 1 atom stereocenters. The minimum absolute atomic E-state index is 0.0325. The van der Waals surface area contributed by atoms with Crippen molar-refractivity contribution in [2.75, 3.05) is 13.7 Å². The van der Waals surface area contributed by atoms with Crippen LogP contribution in [0.2, 0.25) is 0 Å². The molecule has 138 valence electrons. The molecular weight excluding hydrogens is 346 g/mol. The molecule has 3 rings (SSSR count). The molecule has 2 heterocycles. The van der Waals surface area contributed by atoms with Gasteiger partial charge >= 0.3 is 0 Å². The first-order valence-electron chi connectivity index (χ1n) is 8.32. The third-order valence-electron chi connectivity index (χ3n) is 4.21. The summed E-state index contributed by atoms with van der Waals surface area (Å²) in [6, 6.07) is 9.72. The molecule has 1 aliphatic rings. The first kappa shape index (κ1) is 18.3. The van der Waals surface area contributed by atoms with Gasteiger partial charge in [-0.15, -0.1) is 0 Å². The lowest BCUT2D eigenvalue weighted by Crippen LogP contribution is -2.26. The molecular formula is C21H19NO5. The number of carbonyl (C=O) groups excluding carboxylic acids is 2. The number of hydrogen-bond acceptors (Lipinski definition) is 5. The van der Waals surface area contributed by atoms with Gasteiger partial charge in [0.1, 0.15) is 18.1 Å². The number of ether oxygens (including phenoxy) is 1. The van der Waals surface area contributed by atoms with Gasteiger partial charge in [0.2, 0.25) is 0 Å². The van der Waals surface area contributed by atoms with E-state index in [9.17, 15) is 14.7 Å². The fraction of sp³-hybridized carbons (Fsp3) is 0.143. The Morgan fingerprint density at radius 2 is 2.07 bits per heavy atom. The Bertz CT molecular complexity index is 907. The molecule has 6 nitrogen and oxygen atoms in total. The van der Waals surface area contributed by atoms with E-state index in [4.69, 9.17) is 9.15 Å². The summed E-state index contributed by atoms with van der Waals surface area (Å²) in [6.07, 6.45) is 5.91. The molecule has 0 radical (unpaired) electrons. The van der Waals surface area contributed by atoms with Gasteiger partial charge in [0.25, 0.3) is 5.91 Å². The Balaban J connectivity index is 1.89. The van der Waals surface area contributed by atoms with Crippen LogP contribution in [-0.4, -0.2) is 35.4 Å². The summed E-state index contributed by atoms with van der Waals surface area (Å²) in [6.45, 7) is 3.97. The Kier molecular flexibility index (Phi) is 5.26. The van der Waals surface area contributed by atoms with E-state index in [1.807, 2.05) is 0 Å². The zero-order valence-corrected chi connectivity index (χ0v) is 14.8. The van der Waals surface area contributed by atoms with Crippen LogP contribution in [0, 0.1) is 0 Å². The molecule has 27 heavy (non-hydrogen) atoms. The van der Waals surface area contributed by atoms with Crippen molar-refractivity contribution in [1.82, 2.24) is 4.90 Å². The lowest BCUT2D eigenvalue weighted by atomic mass is 9.96. The number of ketones is 1. The first-order valence-corrected chi connectivity index (χ1v) is 8.32. The van der Waals surface area contributed by atoms with Crippen LogP contribution in [0.5, 0.6) is 5.75 Å². The minimum Gasteiger partial charge on any atom is -0.503 e. The number of allylic oxidation sites excluding steroid dienone is 1. The maximum atomic E-state index is 12.7. The number of likely N-dealkylation sites (N-methyl/N-ethyl adjacent to an activating group) is 1. The van der Waals surface area contributed by atoms with Crippen molar-refractivity contribution in [3.8, 4) is 5.75 Å². The van der Waals surface area contributed by atoms with Gasteiger partial charge in [-0.2, -0.15) is 0 Å². The first-order chi connectivity index (χ1) is 13.0. The number of nitrogens with zero attached hydrogens (tertiary/aromatic N) is 1. The highest BCUT2D eigenvalue weighted by atomic mass is 16.5. The number of amides is 1. The molecule has 1 N–H and O–H groups in total. The van der Waals surface area contributed by atoms with E-state index >= 15 is 0 Å². The van der Waals surface area contributed by atoms with Crippen molar-refractivity contribution in [2.45, 2.75) is 6.04 Å². The lowest BCUT2D eigenvalue weighted by Gasteiger charge is -2.22. The monoisotopic (exact) mass is 365 g/mol. The van der Waals surface area contributed by atoms with Gasteiger partial charge < -0.3 is 19.2 Å². The van der Waals surface area contributed by atoms with E-state index < -0.39 is 23.5 Å². The van der Waals surface area contributed by atoms with E-state index in [0.29, 0.717) is 23.7 Å². The molecule has 0 spiro atoms. The quantitative estimate of drug-likeness (QED) is 0.600. The van der Waals surface area contributed by atoms with E-state index in [1.165, 1.54) is 23.3 Å². The third kappa shape index (κ3) is 3.69. The second-order valence-electron chi connectivity index (χ2n) is 5.96. The van der Waals surface area contributed by atoms with E-state index in [-0.39, 0.29) is 5.57 Å². The third-order valence-corrected chi connectivity index (χ3v) is 4.21. The fourth-order valence-corrected chi connectivity index (χ4v) is 2.90. The van der Waals surface area contributed by atoms with Crippen LogP contribution in [0.4, 0.5) is 0 Å². The number of aliphatic hydroxyl groups is 1. The average Bonchev–Trinajstić information content (AvgIpc) is 3.28. The van der Waals surface area contributed by atoms with Crippen LogP contribution in [0.1, 0.15) is 17.4 Å². The molecule has 1 aliphatic heterocycles. The standard InChI is InChI=1S/C21H19NO5/c1-3-12-26-16-8-6-14(7-9-16)19-18(20(24)21(25)22(19)2)17(23)11-10-15-5-4-13-27-15/h3-11,13,19,24H,1,12H2,2H3/b11-10+. The highest BCUT2D eigenvalue weighted by molar-refractivity contribution is 6.14. The maximum absolute atomic E-state index is 12.7. The summed E-state index contributed by atoms with van der Waals surface area (Å²) in [7, 11) is 1.54. The smallest absolute Gasteiger partial charge is 0.289 e. The number of furan rings is 1. The molecule has 1 aromatic carbocycles. The fourth-order valence-electron chi connectivity index (χ4n) is 2.90. The topological polar surface area (TPSA) is 80.0 Å². The minimum atomic E-state index is -0.681. The number of aliphatic hydroxyl groups excluding tert-OH is 1. The Morgan fingerprint density at radius 1 is 1.33 bits per heavy atom. The van der Waals surface area contributed by atoms with Gasteiger partial charge in [0.15, 0.2) is 11.5 Å². The normalized spacial score (nSPS) is 17.0. The Labute approximate surface area is 156 Å². The van der Waals surface area contributed by atoms with E-state index in [2.05, 4.69) is 6.58 Å². The van der Waals surface area contributed by atoms with Crippen LogP contribution in [-0.2, 0) is 9.59 Å². The number of benzene rings is 1. The number of carbonyl (C=O) groups is 2. The van der Waals surface area contributed by atoms with Gasteiger partial charge in [-0.25, -0.2) is 0 Å². The molecule has 0 saturated heterocycles. The highest BCUT2D eigenvalue weighted by Crippen LogP contribution is 2.37. The van der Waals surface area contributed by atoms with Crippen LogP contribution in [0.3, 0.4) is 0 Å². The predicted molar refractivity (Wildman–Crippen MR) is 100 cm³/mol. The second kappa shape index (κ2) is 7.78. The van der Waals surface area contributed by atoms with Crippen molar-refractivity contribution in [2.24, 2.45) is 0 Å². The summed E-state index contributed by atoms with van der Waals surface area (Å²) < 4.78 is 10.6. The molecule has 1 unspecified atom stereocenters. The van der Waals surface area contributed by atoms with Gasteiger partial charge in [-0.05, 0) is 42.0 Å². The average molecular weight is 365 g/mol. The lowest BCUT2D eigenvalue weighted by molar-refractivity contribution is -0.128. The molecule has 1 amide bonds. The van der Waals surface area contributed by atoms with Crippen molar-refractivity contribution in [3.05, 3.63) is 84.0 Å². The number of rotatable bonds is 7. The molecule has 0 fully saturated rings. The van der Waals surface area contributed by atoms with Gasteiger partial charge in [-0.3, -0.25) is 9.59 Å². The SMILES string of the molecule is C=CCOc1ccc(C2C(C(=O)/C=C/c3ccco3)=C(O)C(=O)N2C)cc1. The van der Waals surface area contributed by atoms with Crippen LogP contribution in [0.25, 0.3) is 6.08 Å². The Morgan fingerprint density at radius 3 is 2.70 bits per heavy atom. The zero-order chi connectivity index (χ0) is 19.4. The molecule has 0 saturated carbocycles. The summed E-state index contributed by atoms with van der Waals surface area (Å²) in [5, 5.41) is 10.2. The predicted octanol–water partition coefficient (Wildman–Crippen LogP) is 3.45. The van der Waals surface area contributed by atoms with Gasteiger partial charge in [0, 0.05) is 7.05 Å². The second-order valence-corrected chi connectivity index (χ2v) is 5.96. The van der Waals surface area contributed by atoms with Crippen LogP contribution >= 0.6 is 0 Å². The molecule has 2 aromatic rings. The largest absolute Gasteiger partial charge is 0.503 e. The van der Waals surface area contributed by atoms with Gasteiger partial charge in [-0.1, -0.05) is 24.8 Å². The van der Waals surface area contributed by atoms with E-state index in [0.717, 1.165) is 0 Å². The summed E-state index contributed by atoms with van der Waals surface area (Å²) in [5.74, 6) is -0.449. The summed E-state index contributed by atoms with van der Waals surface area (Å²) >= 11 is 0. The number of hydrogen-bond donors (Lipinski definition) is 1. The Hall–Kier alpha value is -3.54. The van der Waals surface area contributed by atoms with Crippen molar-refractivity contribution in [1.29, 1.82) is 0 Å². The maximum Gasteiger partial charge on any atom is 0.289 e. The van der Waals surface area contributed by atoms with Crippen molar-refractivity contribution >= 4 is 17.8 Å². The highest BCUT2D eigenvalue weighted by Gasteiger charge is 2.40. The van der Waals surface area contributed by atoms with E-state index in [1.54, 1.807) is 49.5 Å². The summed E-state index contributed by atoms with van der Waals surface area (Å²) in [4.78, 5) is 26.2. The molecule has 6 heteroatoms. The van der Waals surface area contributed by atoms with Gasteiger partial charge in [0.05, 0.1) is 17.9 Å². The molecule has 0 aliphatic carbocycles. The van der Waals surface area contributed by atoms with Crippen LogP contribution in [0.15, 0.2) is 77.1 Å². The zero-order valence-electron chi connectivity index (χ0n) is 14.8. The summed E-state index contributed by atoms with van der Waals surface area (Å²) in [5.41, 5.74) is 0.723. The molecule has 1 aromatic heterocycles. The van der Waals surface area contributed by atoms with Crippen LogP contribution < -0.4 is 4.74 Å². The molecule has 0 bridgehead atoms. The van der Waals surface area contributed by atoms with Crippen molar-refractivity contribution in [3.63, 3.8) is 0 Å².